The van der Waals surface area contributed by atoms with Gasteiger partial charge in [-0.3, -0.25) is 9.59 Å². The second-order valence-corrected chi connectivity index (χ2v) is 5.91. The molecule has 0 aromatic rings. The van der Waals surface area contributed by atoms with Crippen LogP contribution in [0.5, 0.6) is 0 Å². The van der Waals surface area contributed by atoms with Crippen molar-refractivity contribution in [2.45, 2.75) is 44.8 Å². The Balaban J connectivity index is 1.64. The molecular formula is C14H22N2O3. The van der Waals surface area contributed by atoms with Gasteiger partial charge in [-0.15, -0.1) is 0 Å². The Bertz CT molecular complexity index is 379. The van der Waals surface area contributed by atoms with Gasteiger partial charge in [-0.2, -0.15) is 0 Å². The highest BCUT2D eigenvalue weighted by atomic mass is 16.5. The first kappa shape index (κ1) is 12.9. The Labute approximate surface area is 113 Å². The summed E-state index contributed by atoms with van der Waals surface area (Å²) in [7, 11) is 0. The number of ether oxygens (including phenoxy) is 1. The van der Waals surface area contributed by atoms with Gasteiger partial charge in [0.1, 0.15) is 0 Å². The monoisotopic (exact) mass is 266 g/mol. The molecule has 2 amide bonds. The average molecular weight is 266 g/mol. The maximum absolute atomic E-state index is 12.6. The highest BCUT2D eigenvalue weighted by Gasteiger charge is 2.42. The topological polar surface area (TPSA) is 49.9 Å². The number of hydrogen-bond acceptors (Lipinski definition) is 3. The maximum atomic E-state index is 12.6. The SMILES string of the molecule is CC(=O)N1CC(C(=O)N2CCCO[C@@H]3CCC[C@H]32)C1. The first-order valence-electron chi connectivity index (χ1n) is 7.34. The second-order valence-electron chi connectivity index (χ2n) is 5.91. The fraction of sp³-hybridized carbons (Fsp3) is 0.857. The Morgan fingerprint density at radius 2 is 1.95 bits per heavy atom. The standard InChI is InChI=1S/C14H22N2O3/c1-10(17)15-8-11(9-15)14(18)16-6-3-7-19-13-5-2-4-12(13)16/h11-13H,2-9H2,1H3/t12-,13-/m1/s1. The minimum atomic E-state index is 0.0169. The molecule has 5 heteroatoms. The Morgan fingerprint density at radius 3 is 2.68 bits per heavy atom. The Hall–Kier alpha value is -1.10. The van der Waals surface area contributed by atoms with Crippen molar-refractivity contribution >= 4 is 11.8 Å². The van der Waals surface area contributed by atoms with E-state index in [2.05, 4.69) is 0 Å². The molecule has 2 saturated heterocycles. The summed E-state index contributed by atoms with van der Waals surface area (Å²) < 4.78 is 5.84. The van der Waals surface area contributed by atoms with Gasteiger partial charge in [-0.05, 0) is 25.7 Å². The lowest BCUT2D eigenvalue weighted by atomic mass is 9.97. The average Bonchev–Trinajstić information content (AvgIpc) is 2.66. The molecule has 0 N–H and O–H groups in total. The summed E-state index contributed by atoms with van der Waals surface area (Å²) in [6, 6.07) is 0.279. The predicted molar refractivity (Wildman–Crippen MR) is 69.5 cm³/mol. The largest absolute Gasteiger partial charge is 0.376 e. The molecule has 0 spiro atoms. The van der Waals surface area contributed by atoms with E-state index in [1.165, 1.54) is 0 Å². The fourth-order valence-electron chi connectivity index (χ4n) is 3.49. The van der Waals surface area contributed by atoms with Crippen LogP contribution in [0, 0.1) is 5.92 Å². The number of amides is 2. The molecule has 0 unspecified atom stereocenters. The number of likely N-dealkylation sites (tertiary alicyclic amines) is 1. The van der Waals surface area contributed by atoms with Crippen LogP contribution in [0.4, 0.5) is 0 Å². The molecule has 2 aliphatic heterocycles. The van der Waals surface area contributed by atoms with Gasteiger partial charge in [0.15, 0.2) is 0 Å². The van der Waals surface area contributed by atoms with Crippen molar-refractivity contribution in [1.82, 2.24) is 9.80 Å². The lowest BCUT2D eigenvalue weighted by Crippen LogP contribution is -2.58. The lowest BCUT2D eigenvalue weighted by molar-refractivity contribution is -0.149. The molecule has 0 radical (unpaired) electrons. The van der Waals surface area contributed by atoms with Gasteiger partial charge in [0.2, 0.25) is 11.8 Å². The molecule has 0 bridgehead atoms. The molecule has 0 aromatic carbocycles. The van der Waals surface area contributed by atoms with Crippen LogP contribution in [-0.4, -0.2) is 60.0 Å². The van der Waals surface area contributed by atoms with Gasteiger partial charge in [0, 0.05) is 33.2 Å². The molecular weight excluding hydrogens is 244 g/mol. The number of carbonyl (C=O) groups is 2. The van der Waals surface area contributed by atoms with Crippen molar-refractivity contribution in [2.24, 2.45) is 5.92 Å². The molecule has 3 rings (SSSR count). The van der Waals surface area contributed by atoms with E-state index >= 15 is 0 Å². The van der Waals surface area contributed by atoms with E-state index in [0.29, 0.717) is 13.1 Å². The predicted octanol–water partition coefficient (Wildman–Crippen LogP) is 0.635. The number of carbonyl (C=O) groups excluding carboxylic acids is 2. The van der Waals surface area contributed by atoms with Crippen LogP contribution < -0.4 is 0 Å². The lowest BCUT2D eigenvalue weighted by Gasteiger charge is -2.41. The molecule has 106 valence electrons. The molecule has 2 atom stereocenters. The van der Waals surface area contributed by atoms with Gasteiger partial charge in [-0.1, -0.05) is 0 Å². The molecule has 3 aliphatic rings. The summed E-state index contributed by atoms with van der Waals surface area (Å²) in [5.41, 5.74) is 0. The summed E-state index contributed by atoms with van der Waals surface area (Å²) >= 11 is 0. The van der Waals surface area contributed by atoms with E-state index in [0.717, 1.165) is 38.8 Å². The summed E-state index contributed by atoms with van der Waals surface area (Å²) in [6.45, 7) is 4.35. The molecule has 1 saturated carbocycles. The van der Waals surface area contributed by atoms with Crippen molar-refractivity contribution in [1.29, 1.82) is 0 Å². The summed E-state index contributed by atoms with van der Waals surface area (Å²) in [4.78, 5) is 27.6. The zero-order valence-electron chi connectivity index (χ0n) is 11.5. The van der Waals surface area contributed by atoms with Gasteiger partial charge in [0.05, 0.1) is 18.1 Å². The minimum Gasteiger partial charge on any atom is -0.376 e. The van der Waals surface area contributed by atoms with E-state index in [9.17, 15) is 9.59 Å². The van der Waals surface area contributed by atoms with Crippen LogP contribution in [0.25, 0.3) is 0 Å². The first-order valence-corrected chi connectivity index (χ1v) is 7.34. The number of hydrogen-bond donors (Lipinski definition) is 0. The fourth-order valence-corrected chi connectivity index (χ4v) is 3.49. The zero-order valence-corrected chi connectivity index (χ0v) is 11.5. The highest BCUT2D eigenvalue weighted by Crippen LogP contribution is 2.31. The van der Waals surface area contributed by atoms with Gasteiger partial charge < -0.3 is 14.5 Å². The number of nitrogens with zero attached hydrogens (tertiary/aromatic N) is 2. The number of rotatable bonds is 1. The Morgan fingerprint density at radius 1 is 1.16 bits per heavy atom. The van der Waals surface area contributed by atoms with E-state index in [1.54, 1.807) is 11.8 Å². The number of fused-ring (bicyclic) bond motifs is 1. The summed E-state index contributed by atoms with van der Waals surface area (Å²) in [6.07, 6.45) is 4.49. The summed E-state index contributed by atoms with van der Waals surface area (Å²) in [5, 5.41) is 0. The van der Waals surface area contributed by atoms with Crippen LogP contribution in [0.1, 0.15) is 32.6 Å². The second kappa shape index (κ2) is 5.12. The van der Waals surface area contributed by atoms with Gasteiger partial charge in [0.25, 0.3) is 0 Å². The third-order valence-electron chi connectivity index (χ3n) is 4.65. The van der Waals surface area contributed by atoms with E-state index in [4.69, 9.17) is 4.74 Å². The summed E-state index contributed by atoms with van der Waals surface area (Å²) in [5.74, 6) is 0.324. The van der Waals surface area contributed by atoms with Crippen molar-refractivity contribution in [3.63, 3.8) is 0 Å². The minimum absolute atomic E-state index is 0.0169. The Kier molecular flexibility index (Phi) is 3.48. The molecule has 3 fully saturated rings. The quantitative estimate of drug-likeness (QED) is 0.699. The van der Waals surface area contributed by atoms with Gasteiger partial charge >= 0.3 is 0 Å². The molecule has 2 heterocycles. The van der Waals surface area contributed by atoms with Crippen molar-refractivity contribution in [3.05, 3.63) is 0 Å². The third kappa shape index (κ3) is 2.36. The van der Waals surface area contributed by atoms with Crippen LogP contribution in [-0.2, 0) is 14.3 Å². The molecule has 19 heavy (non-hydrogen) atoms. The molecule has 0 aromatic heterocycles. The smallest absolute Gasteiger partial charge is 0.229 e. The third-order valence-corrected chi connectivity index (χ3v) is 4.65. The highest BCUT2D eigenvalue weighted by molar-refractivity contribution is 5.84. The zero-order chi connectivity index (χ0) is 13.4. The van der Waals surface area contributed by atoms with Gasteiger partial charge in [-0.25, -0.2) is 0 Å². The molecule has 1 aliphatic carbocycles. The maximum Gasteiger partial charge on any atom is 0.229 e. The normalized spacial score (nSPS) is 31.6. The first-order chi connectivity index (χ1) is 9.16. The van der Waals surface area contributed by atoms with Crippen LogP contribution in [0.15, 0.2) is 0 Å². The molecule has 5 nitrogen and oxygen atoms in total. The van der Waals surface area contributed by atoms with E-state index in [-0.39, 0.29) is 29.9 Å². The van der Waals surface area contributed by atoms with Crippen LogP contribution in [0.3, 0.4) is 0 Å². The van der Waals surface area contributed by atoms with Crippen molar-refractivity contribution < 1.29 is 14.3 Å². The van der Waals surface area contributed by atoms with Crippen molar-refractivity contribution in [3.8, 4) is 0 Å². The van der Waals surface area contributed by atoms with Crippen molar-refractivity contribution in [2.75, 3.05) is 26.2 Å². The van der Waals surface area contributed by atoms with E-state index < -0.39 is 0 Å². The van der Waals surface area contributed by atoms with Crippen LogP contribution >= 0.6 is 0 Å². The van der Waals surface area contributed by atoms with Crippen LogP contribution in [0.2, 0.25) is 0 Å². The van der Waals surface area contributed by atoms with E-state index in [1.807, 2.05) is 4.90 Å².